The molecule has 1 heteroatoms. The van der Waals surface area contributed by atoms with E-state index >= 15 is 0 Å². The predicted molar refractivity (Wildman–Crippen MR) is 48.6 cm³/mol. The predicted octanol–water partition coefficient (Wildman–Crippen LogP) is 3.18. The van der Waals surface area contributed by atoms with Gasteiger partial charge in [0, 0.05) is 12.8 Å². The van der Waals surface area contributed by atoms with E-state index in [0.717, 1.165) is 18.8 Å². The number of rotatable bonds is 6. The Kier molecular flexibility index (Phi) is 6.19. The lowest BCUT2D eigenvalue weighted by molar-refractivity contribution is -0.118. The Morgan fingerprint density at radius 1 is 1.36 bits per heavy atom. The Morgan fingerprint density at radius 2 is 2.00 bits per heavy atom. The molecule has 0 aromatic carbocycles. The summed E-state index contributed by atoms with van der Waals surface area (Å²) in [6.45, 7) is 6.38. The second-order valence-electron chi connectivity index (χ2n) is 3.30. The Bertz CT molecular complexity index is 107. The second kappa shape index (κ2) is 6.38. The van der Waals surface area contributed by atoms with Gasteiger partial charge in [0.2, 0.25) is 0 Å². The van der Waals surface area contributed by atoms with Crippen LogP contribution in [0, 0.1) is 5.92 Å². The average molecular weight is 156 g/mol. The molecule has 0 aliphatic rings. The minimum absolute atomic E-state index is 0.410. The summed E-state index contributed by atoms with van der Waals surface area (Å²) in [5, 5.41) is 0. The summed E-state index contributed by atoms with van der Waals surface area (Å²) in [7, 11) is 0. The lowest BCUT2D eigenvalue weighted by atomic mass is 10.0. The van der Waals surface area contributed by atoms with Gasteiger partial charge in [-0.25, -0.2) is 0 Å². The highest BCUT2D eigenvalue weighted by Crippen LogP contribution is 2.11. The van der Waals surface area contributed by atoms with Gasteiger partial charge in [-0.1, -0.05) is 33.6 Å². The molecular weight excluding hydrogens is 136 g/mol. The Morgan fingerprint density at radius 3 is 2.45 bits per heavy atom. The molecule has 66 valence electrons. The van der Waals surface area contributed by atoms with Crippen molar-refractivity contribution < 1.29 is 4.79 Å². The Balaban J connectivity index is 3.20. The fraction of sp³-hybridized carbons (Fsp3) is 0.900. The molecule has 0 saturated carbocycles. The molecule has 11 heavy (non-hydrogen) atoms. The van der Waals surface area contributed by atoms with Crippen LogP contribution < -0.4 is 0 Å². The topological polar surface area (TPSA) is 17.1 Å². The van der Waals surface area contributed by atoms with Crippen LogP contribution >= 0.6 is 0 Å². The molecule has 0 saturated heterocycles. The largest absolute Gasteiger partial charge is 0.300 e. The molecule has 1 unspecified atom stereocenters. The fourth-order valence-corrected chi connectivity index (χ4v) is 1.03. The van der Waals surface area contributed by atoms with E-state index in [-0.39, 0.29) is 0 Å². The first kappa shape index (κ1) is 10.7. The maximum absolute atomic E-state index is 10.9. The van der Waals surface area contributed by atoms with Crippen LogP contribution in [-0.2, 0) is 4.79 Å². The van der Waals surface area contributed by atoms with Crippen molar-refractivity contribution in [2.45, 2.75) is 52.9 Å². The van der Waals surface area contributed by atoms with Crippen LogP contribution in [0.15, 0.2) is 0 Å². The van der Waals surface area contributed by atoms with Crippen LogP contribution in [0.25, 0.3) is 0 Å². The third kappa shape index (κ3) is 6.08. The van der Waals surface area contributed by atoms with Gasteiger partial charge in [-0.05, 0) is 12.3 Å². The van der Waals surface area contributed by atoms with Crippen molar-refractivity contribution in [3.63, 3.8) is 0 Å². The molecule has 0 rings (SSSR count). The van der Waals surface area contributed by atoms with E-state index in [1.807, 2.05) is 6.92 Å². The monoisotopic (exact) mass is 156 g/mol. The molecule has 0 bridgehead atoms. The van der Waals surface area contributed by atoms with Crippen molar-refractivity contribution in [3.8, 4) is 0 Å². The molecule has 0 aromatic heterocycles. The SMILES string of the molecule is CCC(=O)CCCC(C)CC. The Labute approximate surface area is 70.2 Å². The molecule has 0 aromatic rings. The second-order valence-corrected chi connectivity index (χ2v) is 3.30. The lowest BCUT2D eigenvalue weighted by Gasteiger charge is -2.05. The van der Waals surface area contributed by atoms with Crippen LogP contribution in [0.1, 0.15) is 52.9 Å². The third-order valence-corrected chi connectivity index (χ3v) is 2.24. The van der Waals surface area contributed by atoms with Gasteiger partial charge < -0.3 is 0 Å². The number of hydrogen-bond donors (Lipinski definition) is 0. The van der Waals surface area contributed by atoms with Gasteiger partial charge in [0.1, 0.15) is 5.78 Å². The van der Waals surface area contributed by atoms with Gasteiger partial charge in [0.05, 0.1) is 0 Å². The third-order valence-electron chi connectivity index (χ3n) is 2.24. The van der Waals surface area contributed by atoms with Gasteiger partial charge in [0.15, 0.2) is 0 Å². The number of carbonyl (C=O) groups is 1. The van der Waals surface area contributed by atoms with Crippen LogP contribution in [0.5, 0.6) is 0 Å². The summed E-state index contributed by atoms with van der Waals surface area (Å²) in [6, 6.07) is 0. The van der Waals surface area contributed by atoms with Gasteiger partial charge >= 0.3 is 0 Å². The van der Waals surface area contributed by atoms with Gasteiger partial charge in [-0.15, -0.1) is 0 Å². The summed E-state index contributed by atoms with van der Waals surface area (Å²) in [6.07, 6.45) is 5.03. The summed E-state index contributed by atoms with van der Waals surface area (Å²) in [5.41, 5.74) is 0. The standard InChI is InChI=1S/C10H20O/c1-4-9(3)7-6-8-10(11)5-2/h9H,4-8H2,1-3H3. The minimum Gasteiger partial charge on any atom is -0.300 e. The molecule has 0 radical (unpaired) electrons. The zero-order valence-corrected chi connectivity index (χ0v) is 8.02. The smallest absolute Gasteiger partial charge is 0.132 e. The highest BCUT2D eigenvalue weighted by molar-refractivity contribution is 5.77. The lowest BCUT2D eigenvalue weighted by Crippen LogP contribution is -1.97. The fourth-order valence-electron chi connectivity index (χ4n) is 1.03. The van der Waals surface area contributed by atoms with E-state index < -0.39 is 0 Å². The molecule has 0 spiro atoms. The van der Waals surface area contributed by atoms with Gasteiger partial charge in [0.25, 0.3) is 0 Å². The summed E-state index contributed by atoms with van der Waals surface area (Å²) >= 11 is 0. The number of hydrogen-bond acceptors (Lipinski definition) is 1. The van der Waals surface area contributed by atoms with E-state index in [4.69, 9.17) is 0 Å². The van der Waals surface area contributed by atoms with Crippen LogP contribution in [-0.4, -0.2) is 5.78 Å². The highest BCUT2D eigenvalue weighted by Gasteiger charge is 2.01. The van der Waals surface area contributed by atoms with Crippen molar-refractivity contribution in [2.75, 3.05) is 0 Å². The molecular formula is C10H20O. The maximum atomic E-state index is 10.9. The van der Waals surface area contributed by atoms with E-state index in [9.17, 15) is 4.79 Å². The van der Waals surface area contributed by atoms with Gasteiger partial charge in [-0.2, -0.15) is 0 Å². The highest BCUT2D eigenvalue weighted by atomic mass is 16.1. The molecule has 0 aliphatic carbocycles. The quantitative estimate of drug-likeness (QED) is 0.577. The summed E-state index contributed by atoms with van der Waals surface area (Å²) in [5.74, 6) is 1.20. The van der Waals surface area contributed by atoms with Crippen molar-refractivity contribution >= 4 is 5.78 Å². The van der Waals surface area contributed by atoms with Crippen LogP contribution in [0.2, 0.25) is 0 Å². The first-order valence-electron chi connectivity index (χ1n) is 4.72. The van der Waals surface area contributed by atoms with Crippen molar-refractivity contribution in [1.29, 1.82) is 0 Å². The van der Waals surface area contributed by atoms with Crippen molar-refractivity contribution in [2.24, 2.45) is 5.92 Å². The van der Waals surface area contributed by atoms with E-state index in [1.54, 1.807) is 0 Å². The van der Waals surface area contributed by atoms with Crippen molar-refractivity contribution in [1.82, 2.24) is 0 Å². The van der Waals surface area contributed by atoms with Crippen LogP contribution in [0.3, 0.4) is 0 Å². The zero-order valence-electron chi connectivity index (χ0n) is 8.02. The van der Waals surface area contributed by atoms with Crippen molar-refractivity contribution in [3.05, 3.63) is 0 Å². The zero-order chi connectivity index (χ0) is 8.69. The van der Waals surface area contributed by atoms with E-state index in [1.165, 1.54) is 12.8 Å². The Hall–Kier alpha value is -0.330. The molecule has 1 nitrogen and oxygen atoms in total. The van der Waals surface area contributed by atoms with E-state index in [2.05, 4.69) is 13.8 Å². The first-order valence-corrected chi connectivity index (χ1v) is 4.72. The summed E-state index contributed by atoms with van der Waals surface area (Å²) < 4.78 is 0. The van der Waals surface area contributed by atoms with Crippen LogP contribution in [0.4, 0.5) is 0 Å². The average Bonchev–Trinajstić information content (AvgIpc) is 2.04. The minimum atomic E-state index is 0.410. The molecule has 0 aliphatic heterocycles. The van der Waals surface area contributed by atoms with E-state index in [0.29, 0.717) is 12.2 Å². The molecule has 0 N–H and O–H groups in total. The number of Topliss-reactive ketones (excluding diaryl/α,β-unsaturated/α-hetero) is 1. The normalized spacial score (nSPS) is 13.0. The molecule has 0 heterocycles. The molecule has 0 amide bonds. The van der Waals surface area contributed by atoms with Gasteiger partial charge in [-0.3, -0.25) is 4.79 Å². The maximum Gasteiger partial charge on any atom is 0.132 e. The number of ketones is 1. The molecule has 1 atom stereocenters. The summed E-state index contributed by atoms with van der Waals surface area (Å²) in [4.78, 5) is 10.9. The number of carbonyl (C=O) groups excluding carboxylic acids is 1. The first-order chi connectivity index (χ1) is 5.20. The molecule has 0 fully saturated rings.